The number of hydrogen-bond acceptors (Lipinski definition) is 4. The van der Waals surface area contributed by atoms with Gasteiger partial charge in [-0.3, -0.25) is 4.79 Å². The molecular weight excluding hydrogens is 322 g/mol. The lowest BCUT2D eigenvalue weighted by molar-refractivity contribution is 0.103. The molecule has 0 aliphatic carbocycles. The van der Waals surface area contributed by atoms with Gasteiger partial charge in [-0.05, 0) is 18.6 Å². The lowest BCUT2D eigenvalue weighted by atomic mass is 10.0. The Morgan fingerprint density at radius 3 is 2.54 bits per heavy atom. The van der Waals surface area contributed by atoms with E-state index in [4.69, 9.17) is 4.74 Å². The Bertz CT molecular complexity index is 747. The molecule has 1 saturated heterocycles. The Hall–Kier alpha value is -2.27. The average Bonchev–Trinajstić information content (AvgIpc) is 3.02. The number of nitrogens with one attached hydrogen (secondary N) is 1. The molecule has 1 aliphatic heterocycles. The lowest BCUT2D eigenvalue weighted by Crippen LogP contribution is -2.45. The summed E-state index contributed by atoms with van der Waals surface area (Å²) in [5.41, 5.74) is 0.989. The zero-order valence-corrected chi connectivity index (χ0v) is 14.3. The minimum atomic E-state index is -0.370. The number of hydrogen-bond donors (Lipinski definition) is 1. The second-order valence-electron chi connectivity index (χ2n) is 5.82. The number of ketones is 1. The Balaban J connectivity index is 1.80. The van der Waals surface area contributed by atoms with Crippen molar-refractivity contribution < 1.29 is 14.3 Å². The monoisotopic (exact) mass is 341 g/mol. The normalized spacial score (nSPS) is 19.6. The molecule has 3 rings (SSSR count). The highest BCUT2D eigenvalue weighted by molar-refractivity contribution is 7.99. The van der Waals surface area contributed by atoms with Crippen molar-refractivity contribution in [3.8, 4) is 0 Å². The number of alkyl carbamates (subject to hydrolysis) is 1. The standard InChI is InChI=1S/C19H19NO3S/c1-2-19(12-23-18(22)20-19)13-24-16-11-7-6-10-15(16)17(21)14-8-4-3-5-9-14/h3-11H,2,12-13H2,1H3,(H,20,22). The largest absolute Gasteiger partial charge is 0.447 e. The van der Waals surface area contributed by atoms with Crippen LogP contribution in [0.1, 0.15) is 29.3 Å². The van der Waals surface area contributed by atoms with Crippen molar-refractivity contribution in [1.29, 1.82) is 0 Å². The van der Waals surface area contributed by atoms with Crippen molar-refractivity contribution in [1.82, 2.24) is 5.32 Å². The highest BCUT2D eigenvalue weighted by Crippen LogP contribution is 2.30. The zero-order valence-electron chi connectivity index (χ0n) is 13.5. The highest BCUT2D eigenvalue weighted by Gasteiger charge is 2.38. The molecular formula is C19H19NO3S. The summed E-state index contributed by atoms with van der Waals surface area (Å²) in [6.45, 7) is 2.39. The molecule has 1 aliphatic rings. The van der Waals surface area contributed by atoms with Crippen LogP contribution in [0.2, 0.25) is 0 Å². The minimum absolute atomic E-state index is 0.0101. The molecule has 24 heavy (non-hydrogen) atoms. The summed E-state index contributed by atoms with van der Waals surface area (Å²) in [4.78, 5) is 25.1. The van der Waals surface area contributed by atoms with E-state index in [9.17, 15) is 9.59 Å². The number of rotatable bonds is 6. The first kappa shape index (κ1) is 16.6. The fourth-order valence-electron chi connectivity index (χ4n) is 2.60. The molecule has 1 amide bonds. The van der Waals surface area contributed by atoms with Crippen LogP contribution in [0.4, 0.5) is 4.79 Å². The van der Waals surface area contributed by atoms with Crippen molar-refractivity contribution in [2.75, 3.05) is 12.4 Å². The molecule has 0 saturated carbocycles. The second kappa shape index (κ2) is 7.09. The van der Waals surface area contributed by atoms with Gasteiger partial charge in [0, 0.05) is 21.8 Å². The third-order valence-electron chi connectivity index (χ3n) is 4.20. The molecule has 0 spiro atoms. The molecule has 1 atom stereocenters. The summed E-state index contributed by atoms with van der Waals surface area (Å²) >= 11 is 1.58. The third kappa shape index (κ3) is 3.46. The predicted octanol–water partition coefficient (Wildman–Crippen LogP) is 3.90. The number of cyclic esters (lactones) is 1. The molecule has 1 fully saturated rings. The Morgan fingerprint density at radius 2 is 1.88 bits per heavy atom. The summed E-state index contributed by atoms with van der Waals surface area (Å²) in [6.07, 6.45) is 0.409. The van der Waals surface area contributed by atoms with E-state index in [1.54, 1.807) is 11.8 Å². The maximum Gasteiger partial charge on any atom is 0.407 e. The van der Waals surface area contributed by atoms with Gasteiger partial charge in [-0.2, -0.15) is 0 Å². The van der Waals surface area contributed by atoms with E-state index in [1.807, 2.05) is 61.5 Å². The quantitative estimate of drug-likeness (QED) is 0.639. The summed E-state index contributed by atoms with van der Waals surface area (Å²) in [5, 5.41) is 2.90. The van der Waals surface area contributed by atoms with Gasteiger partial charge < -0.3 is 10.1 Å². The molecule has 2 aromatic rings. The van der Waals surface area contributed by atoms with Crippen LogP contribution in [0, 0.1) is 0 Å². The summed E-state index contributed by atoms with van der Waals surface area (Å²) in [7, 11) is 0. The van der Waals surface area contributed by atoms with Gasteiger partial charge in [-0.25, -0.2) is 4.79 Å². The number of amides is 1. The average molecular weight is 341 g/mol. The number of ether oxygens (including phenoxy) is 1. The van der Waals surface area contributed by atoms with E-state index < -0.39 is 0 Å². The van der Waals surface area contributed by atoms with Gasteiger partial charge in [0.25, 0.3) is 0 Å². The van der Waals surface area contributed by atoms with E-state index in [2.05, 4.69) is 5.32 Å². The molecule has 1 unspecified atom stereocenters. The third-order valence-corrected chi connectivity index (χ3v) is 5.56. The fraction of sp³-hybridized carbons (Fsp3) is 0.263. The van der Waals surface area contributed by atoms with E-state index in [-0.39, 0.29) is 17.4 Å². The molecule has 0 aromatic heterocycles. The number of carbonyl (C=O) groups is 2. The smallest absolute Gasteiger partial charge is 0.407 e. The van der Waals surface area contributed by atoms with Crippen LogP contribution in [-0.2, 0) is 4.74 Å². The maximum absolute atomic E-state index is 12.8. The van der Waals surface area contributed by atoms with Crippen molar-refractivity contribution >= 4 is 23.6 Å². The van der Waals surface area contributed by atoms with Crippen LogP contribution in [0.5, 0.6) is 0 Å². The van der Waals surface area contributed by atoms with E-state index in [0.717, 1.165) is 11.3 Å². The van der Waals surface area contributed by atoms with Crippen LogP contribution < -0.4 is 5.32 Å². The first-order chi connectivity index (χ1) is 11.6. The predicted molar refractivity (Wildman–Crippen MR) is 94.5 cm³/mol. The minimum Gasteiger partial charge on any atom is -0.447 e. The van der Waals surface area contributed by atoms with Gasteiger partial charge in [0.15, 0.2) is 5.78 Å². The van der Waals surface area contributed by atoms with Gasteiger partial charge >= 0.3 is 6.09 Å². The van der Waals surface area contributed by atoms with Gasteiger partial charge in [-0.1, -0.05) is 49.4 Å². The topological polar surface area (TPSA) is 55.4 Å². The van der Waals surface area contributed by atoms with Crippen molar-refractivity contribution in [3.63, 3.8) is 0 Å². The number of thioether (sulfide) groups is 1. The molecule has 0 radical (unpaired) electrons. The first-order valence-electron chi connectivity index (χ1n) is 7.90. The second-order valence-corrected chi connectivity index (χ2v) is 6.83. The molecule has 2 aromatic carbocycles. The number of carbonyl (C=O) groups excluding carboxylic acids is 2. The Labute approximate surface area is 145 Å². The van der Waals surface area contributed by atoms with Crippen molar-refractivity contribution in [2.24, 2.45) is 0 Å². The summed E-state index contributed by atoms with van der Waals surface area (Å²) in [6, 6.07) is 16.8. The van der Waals surface area contributed by atoms with E-state index >= 15 is 0 Å². The Morgan fingerprint density at radius 1 is 1.17 bits per heavy atom. The van der Waals surface area contributed by atoms with Gasteiger partial charge in [0.05, 0.1) is 5.54 Å². The van der Waals surface area contributed by atoms with Crippen molar-refractivity contribution in [2.45, 2.75) is 23.8 Å². The van der Waals surface area contributed by atoms with Crippen LogP contribution in [-0.4, -0.2) is 29.8 Å². The SMILES string of the molecule is CCC1(CSc2ccccc2C(=O)c2ccccc2)COC(=O)N1. The number of benzene rings is 2. The summed E-state index contributed by atoms with van der Waals surface area (Å²) in [5.74, 6) is 0.671. The van der Waals surface area contributed by atoms with E-state index in [0.29, 0.717) is 23.5 Å². The molecule has 0 bridgehead atoms. The zero-order chi connectivity index (χ0) is 17.0. The van der Waals surface area contributed by atoms with Crippen LogP contribution >= 0.6 is 11.8 Å². The van der Waals surface area contributed by atoms with Crippen LogP contribution in [0.25, 0.3) is 0 Å². The molecule has 1 heterocycles. The van der Waals surface area contributed by atoms with Gasteiger partial charge in [0.2, 0.25) is 0 Å². The molecule has 1 N–H and O–H groups in total. The highest BCUT2D eigenvalue weighted by atomic mass is 32.2. The summed E-state index contributed by atoms with van der Waals surface area (Å²) < 4.78 is 5.06. The maximum atomic E-state index is 12.8. The Kier molecular flexibility index (Phi) is 4.90. The fourth-order valence-corrected chi connectivity index (χ4v) is 3.89. The van der Waals surface area contributed by atoms with Crippen molar-refractivity contribution in [3.05, 3.63) is 65.7 Å². The van der Waals surface area contributed by atoms with Crippen LogP contribution in [0.3, 0.4) is 0 Å². The molecule has 124 valence electrons. The molecule has 5 heteroatoms. The van der Waals surface area contributed by atoms with Gasteiger partial charge in [-0.15, -0.1) is 11.8 Å². The van der Waals surface area contributed by atoms with E-state index in [1.165, 1.54) is 0 Å². The van der Waals surface area contributed by atoms with Gasteiger partial charge in [0.1, 0.15) is 6.61 Å². The first-order valence-corrected chi connectivity index (χ1v) is 8.89. The van der Waals surface area contributed by atoms with Crippen LogP contribution in [0.15, 0.2) is 59.5 Å². The lowest BCUT2D eigenvalue weighted by Gasteiger charge is -2.24. The molecule has 4 nitrogen and oxygen atoms in total.